The molecule has 0 unspecified atom stereocenters. The number of carbonyl (C=O) groups is 1. The molecule has 1 saturated heterocycles. The highest BCUT2D eigenvalue weighted by Crippen LogP contribution is 2.44. The van der Waals surface area contributed by atoms with Crippen LogP contribution in [0, 0.1) is 25.2 Å². The van der Waals surface area contributed by atoms with E-state index < -0.39 is 0 Å². The van der Waals surface area contributed by atoms with Gasteiger partial charge >= 0.3 is 0 Å². The van der Waals surface area contributed by atoms with E-state index in [2.05, 4.69) is 27.8 Å². The van der Waals surface area contributed by atoms with Gasteiger partial charge in [-0.05, 0) is 50.5 Å². The molecule has 4 aromatic rings. The predicted octanol–water partition coefficient (Wildman–Crippen LogP) is 4.98. The van der Waals surface area contributed by atoms with Crippen LogP contribution in [0.15, 0.2) is 43.4 Å². The van der Waals surface area contributed by atoms with E-state index in [0.29, 0.717) is 29.4 Å². The summed E-state index contributed by atoms with van der Waals surface area (Å²) in [6.45, 7) is 8.89. The number of nitriles is 1. The number of nitrogens with zero attached hydrogens (tertiary/aromatic N) is 6. The van der Waals surface area contributed by atoms with Gasteiger partial charge in [-0.2, -0.15) is 15.5 Å². The van der Waals surface area contributed by atoms with Crippen molar-refractivity contribution in [1.29, 1.82) is 5.26 Å². The molecule has 0 atom stereocenters. The predicted molar refractivity (Wildman–Crippen MR) is 135 cm³/mol. The lowest BCUT2D eigenvalue weighted by Gasteiger charge is -2.32. The lowest BCUT2D eigenvalue weighted by Crippen LogP contribution is -2.38. The number of H-pyrrole nitrogens is 1. The minimum atomic E-state index is -0.0460. The molecule has 8 nitrogen and oxygen atoms in total. The number of hydrogen-bond acceptors (Lipinski definition) is 5. The SMILES string of the molecule is C=CC(=O)N1CCC(n2nc(-c3cncc(C#N)c3)c(-c3c(Cl)c(C)cc4[nH]ncc34)c2C)CC1. The zero-order valence-electron chi connectivity index (χ0n) is 19.5. The minimum Gasteiger partial charge on any atom is -0.339 e. The highest BCUT2D eigenvalue weighted by atomic mass is 35.5. The molecule has 35 heavy (non-hydrogen) atoms. The number of rotatable bonds is 4. The Morgan fingerprint density at radius 1 is 1.23 bits per heavy atom. The Balaban J connectivity index is 1.70. The second kappa shape index (κ2) is 9.01. The fourth-order valence-corrected chi connectivity index (χ4v) is 5.16. The first-order valence-electron chi connectivity index (χ1n) is 11.4. The van der Waals surface area contributed by atoms with Gasteiger partial charge in [-0.25, -0.2) is 0 Å². The van der Waals surface area contributed by atoms with Gasteiger partial charge in [-0.15, -0.1) is 0 Å². The molecular weight excluding hydrogens is 462 g/mol. The number of likely N-dealkylation sites (tertiary alicyclic amines) is 1. The molecule has 0 saturated carbocycles. The number of pyridine rings is 1. The summed E-state index contributed by atoms with van der Waals surface area (Å²) in [5, 5.41) is 23.4. The van der Waals surface area contributed by atoms with E-state index in [4.69, 9.17) is 16.7 Å². The van der Waals surface area contributed by atoms with Crippen LogP contribution in [-0.4, -0.2) is 48.9 Å². The molecule has 0 bridgehead atoms. The summed E-state index contributed by atoms with van der Waals surface area (Å²) >= 11 is 6.92. The number of aryl methyl sites for hydroxylation is 1. The van der Waals surface area contributed by atoms with Crippen molar-refractivity contribution < 1.29 is 4.79 Å². The molecule has 5 rings (SSSR count). The molecule has 1 aliphatic rings. The number of nitrogens with one attached hydrogen (secondary N) is 1. The van der Waals surface area contributed by atoms with Crippen molar-refractivity contribution >= 4 is 28.4 Å². The van der Waals surface area contributed by atoms with E-state index in [1.807, 2.05) is 29.5 Å². The first-order valence-corrected chi connectivity index (χ1v) is 11.8. The van der Waals surface area contributed by atoms with Gasteiger partial charge in [0.1, 0.15) is 11.8 Å². The van der Waals surface area contributed by atoms with Gasteiger partial charge in [-0.1, -0.05) is 18.2 Å². The number of halogens is 1. The van der Waals surface area contributed by atoms with E-state index in [1.54, 1.807) is 18.5 Å². The van der Waals surface area contributed by atoms with Crippen molar-refractivity contribution in [2.45, 2.75) is 32.7 Å². The summed E-state index contributed by atoms with van der Waals surface area (Å²) in [4.78, 5) is 18.2. The Labute approximate surface area is 207 Å². The molecule has 1 aliphatic heterocycles. The van der Waals surface area contributed by atoms with Crippen molar-refractivity contribution in [2.75, 3.05) is 13.1 Å². The van der Waals surface area contributed by atoms with Gasteiger partial charge in [0.15, 0.2) is 0 Å². The summed E-state index contributed by atoms with van der Waals surface area (Å²) in [6, 6.07) is 6.06. The van der Waals surface area contributed by atoms with Crippen LogP contribution in [0.1, 0.15) is 35.7 Å². The van der Waals surface area contributed by atoms with Crippen molar-refractivity contribution in [3.63, 3.8) is 0 Å². The van der Waals surface area contributed by atoms with Crippen molar-refractivity contribution in [3.05, 3.63) is 65.2 Å². The topological polar surface area (TPSA) is 103 Å². The van der Waals surface area contributed by atoms with Crippen LogP contribution in [0.5, 0.6) is 0 Å². The van der Waals surface area contributed by atoms with Crippen LogP contribution in [0.3, 0.4) is 0 Å². The second-order valence-electron chi connectivity index (χ2n) is 8.80. The van der Waals surface area contributed by atoms with Crippen molar-refractivity contribution in [3.8, 4) is 28.5 Å². The molecule has 0 radical (unpaired) electrons. The molecule has 1 N–H and O–H groups in total. The third kappa shape index (κ3) is 3.88. The molecule has 176 valence electrons. The molecule has 4 heterocycles. The van der Waals surface area contributed by atoms with Crippen LogP contribution >= 0.6 is 11.6 Å². The highest BCUT2D eigenvalue weighted by molar-refractivity contribution is 6.36. The van der Waals surface area contributed by atoms with Gasteiger partial charge in [0.05, 0.1) is 28.3 Å². The number of piperidine rings is 1. The summed E-state index contributed by atoms with van der Waals surface area (Å²) in [7, 11) is 0. The van der Waals surface area contributed by atoms with Crippen LogP contribution in [-0.2, 0) is 4.79 Å². The molecule has 9 heteroatoms. The minimum absolute atomic E-state index is 0.0460. The third-order valence-electron chi connectivity index (χ3n) is 6.70. The number of carbonyl (C=O) groups excluding carboxylic acids is 1. The van der Waals surface area contributed by atoms with Crippen LogP contribution in [0.2, 0.25) is 5.02 Å². The molecule has 3 aromatic heterocycles. The second-order valence-corrected chi connectivity index (χ2v) is 9.18. The van der Waals surface area contributed by atoms with Crippen molar-refractivity contribution in [1.82, 2.24) is 29.9 Å². The van der Waals surface area contributed by atoms with E-state index in [1.165, 1.54) is 12.3 Å². The molecular formula is C26H24ClN7O. The number of fused-ring (bicyclic) bond motifs is 1. The molecule has 1 amide bonds. The van der Waals surface area contributed by atoms with Crippen LogP contribution in [0.4, 0.5) is 0 Å². The third-order valence-corrected chi connectivity index (χ3v) is 7.19. The zero-order chi connectivity index (χ0) is 24.7. The quantitative estimate of drug-likeness (QED) is 0.410. The Hall–Kier alpha value is -3.96. The van der Waals surface area contributed by atoms with Gasteiger partial charge in [0, 0.05) is 53.3 Å². The standard InChI is InChI=1S/C26H24ClN7O/c1-4-22(35)33-7-5-19(6-8-33)34-16(3)23(26(32-34)18-10-17(11-28)12-29-13-18)24-20-14-30-31-21(20)9-15(2)25(24)27/h4,9-10,12-14,19H,1,5-8H2,2-3H3,(H,30,31). The number of hydrogen-bond donors (Lipinski definition) is 1. The fraction of sp³-hybridized carbons (Fsp3) is 0.269. The zero-order valence-corrected chi connectivity index (χ0v) is 20.3. The summed E-state index contributed by atoms with van der Waals surface area (Å²) in [6.07, 6.45) is 7.95. The molecule has 0 spiro atoms. The normalized spacial score (nSPS) is 14.3. The van der Waals surface area contributed by atoms with Gasteiger partial charge in [0.25, 0.3) is 0 Å². The van der Waals surface area contributed by atoms with Crippen molar-refractivity contribution in [2.24, 2.45) is 0 Å². The maximum atomic E-state index is 12.1. The fourth-order valence-electron chi connectivity index (χ4n) is 4.91. The number of amides is 1. The average Bonchev–Trinajstić information content (AvgIpc) is 3.48. The Kier molecular flexibility index (Phi) is 5.87. The first-order chi connectivity index (χ1) is 16.9. The lowest BCUT2D eigenvalue weighted by molar-refractivity contribution is -0.127. The Morgan fingerprint density at radius 2 is 2.00 bits per heavy atom. The monoisotopic (exact) mass is 485 g/mol. The molecule has 1 fully saturated rings. The number of aromatic nitrogens is 5. The van der Waals surface area contributed by atoms with E-state index in [9.17, 15) is 10.1 Å². The van der Waals surface area contributed by atoms with E-state index >= 15 is 0 Å². The van der Waals surface area contributed by atoms with Gasteiger partial charge < -0.3 is 4.90 Å². The molecule has 1 aromatic carbocycles. The van der Waals surface area contributed by atoms with E-state index in [0.717, 1.165) is 51.7 Å². The maximum absolute atomic E-state index is 12.1. The van der Waals surface area contributed by atoms with E-state index in [-0.39, 0.29) is 11.9 Å². The average molecular weight is 486 g/mol. The summed E-state index contributed by atoms with van der Waals surface area (Å²) in [5.41, 5.74) is 6.45. The first kappa shape index (κ1) is 22.8. The van der Waals surface area contributed by atoms with Crippen LogP contribution < -0.4 is 0 Å². The van der Waals surface area contributed by atoms with Gasteiger partial charge in [0.2, 0.25) is 5.91 Å². The summed E-state index contributed by atoms with van der Waals surface area (Å²) in [5.74, 6) is -0.0460. The number of benzene rings is 1. The maximum Gasteiger partial charge on any atom is 0.245 e. The number of aromatic amines is 1. The largest absolute Gasteiger partial charge is 0.339 e. The van der Waals surface area contributed by atoms with Gasteiger partial charge in [-0.3, -0.25) is 19.6 Å². The highest BCUT2D eigenvalue weighted by Gasteiger charge is 2.29. The lowest BCUT2D eigenvalue weighted by atomic mass is 9.95. The summed E-state index contributed by atoms with van der Waals surface area (Å²) < 4.78 is 2.05. The Morgan fingerprint density at radius 3 is 2.71 bits per heavy atom. The van der Waals surface area contributed by atoms with Crippen LogP contribution in [0.25, 0.3) is 33.3 Å². The smallest absolute Gasteiger partial charge is 0.245 e. The Bertz CT molecular complexity index is 1500. The molecule has 0 aliphatic carbocycles.